The molecule has 1 fully saturated rings. The van der Waals surface area contributed by atoms with Gasteiger partial charge in [-0.05, 0) is 22.0 Å². The van der Waals surface area contributed by atoms with Crippen LogP contribution in [0, 0.1) is 10.1 Å². The van der Waals surface area contributed by atoms with E-state index in [0.29, 0.717) is 11.0 Å². The number of hydrogen-bond acceptors (Lipinski definition) is 4. The van der Waals surface area contributed by atoms with Gasteiger partial charge in [-0.25, -0.2) is 0 Å². The number of hydrogen-bond donors (Lipinski definition) is 2. The standard InChI is InChI=1S/C11H10BrN3O4/c12-9-2-1-7(15(18)19)4-8(9)11(17)14-6-3-10(16)13-5-6/h1-2,4,6H,3,5H2,(H,13,16)(H,14,17). The van der Waals surface area contributed by atoms with E-state index in [0.717, 1.165) is 0 Å². The molecule has 2 rings (SSSR count). The third-order valence-corrected chi connectivity index (χ3v) is 3.41. The lowest BCUT2D eigenvalue weighted by atomic mass is 10.1. The van der Waals surface area contributed by atoms with E-state index in [1.807, 2.05) is 0 Å². The van der Waals surface area contributed by atoms with Gasteiger partial charge in [-0.15, -0.1) is 0 Å². The van der Waals surface area contributed by atoms with Crippen molar-refractivity contribution >= 4 is 33.4 Å². The SMILES string of the molecule is O=C1CC(NC(=O)c2cc([N+](=O)[O-])ccc2Br)CN1. The molecule has 1 aromatic carbocycles. The maximum absolute atomic E-state index is 12.0. The molecular weight excluding hydrogens is 318 g/mol. The Morgan fingerprint density at radius 3 is 2.84 bits per heavy atom. The van der Waals surface area contributed by atoms with E-state index in [9.17, 15) is 19.7 Å². The van der Waals surface area contributed by atoms with Gasteiger partial charge in [-0.1, -0.05) is 0 Å². The molecule has 8 heteroatoms. The van der Waals surface area contributed by atoms with Gasteiger partial charge >= 0.3 is 0 Å². The highest BCUT2D eigenvalue weighted by atomic mass is 79.9. The number of nitrogens with one attached hydrogen (secondary N) is 2. The zero-order valence-electron chi connectivity index (χ0n) is 9.68. The third-order valence-electron chi connectivity index (χ3n) is 2.72. The Hall–Kier alpha value is -1.96. The number of carbonyl (C=O) groups is 2. The molecule has 1 unspecified atom stereocenters. The average Bonchev–Trinajstić information content (AvgIpc) is 2.74. The average molecular weight is 328 g/mol. The van der Waals surface area contributed by atoms with E-state index in [1.54, 1.807) is 0 Å². The van der Waals surface area contributed by atoms with Crippen molar-refractivity contribution in [3.05, 3.63) is 38.3 Å². The van der Waals surface area contributed by atoms with Crippen molar-refractivity contribution in [2.45, 2.75) is 12.5 Å². The maximum Gasteiger partial charge on any atom is 0.270 e. The van der Waals surface area contributed by atoms with Gasteiger partial charge in [0.25, 0.3) is 11.6 Å². The van der Waals surface area contributed by atoms with Gasteiger partial charge in [0.2, 0.25) is 5.91 Å². The minimum atomic E-state index is -0.566. The fourth-order valence-corrected chi connectivity index (χ4v) is 2.20. The van der Waals surface area contributed by atoms with Gasteiger partial charge in [-0.3, -0.25) is 19.7 Å². The molecule has 0 aromatic heterocycles. The molecule has 0 radical (unpaired) electrons. The molecule has 2 amide bonds. The summed E-state index contributed by atoms with van der Waals surface area (Å²) in [6.07, 6.45) is 0.221. The van der Waals surface area contributed by atoms with Crippen molar-refractivity contribution in [1.82, 2.24) is 10.6 Å². The van der Waals surface area contributed by atoms with Crippen LogP contribution in [0.3, 0.4) is 0 Å². The number of nitrogens with zero attached hydrogens (tertiary/aromatic N) is 1. The first-order valence-electron chi connectivity index (χ1n) is 5.49. The van der Waals surface area contributed by atoms with Gasteiger partial charge in [-0.2, -0.15) is 0 Å². The predicted octanol–water partition coefficient (Wildman–Crippen LogP) is 0.976. The molecule has 1 aliphatic rings. The zero-order chi connectivity index (χ0) is 14.0. The fourth-order valence-electron chi connectivity index (χ4n) is 1.77. The number of amides is 2. The van der Waals surface area contributed by atoms with Crippen LogP contribution >= 0.6 is 15.9 Å². The number of carbonyl (C=O) groups excluding carboxylic acids is 2. The second-order valence-electron chi connectivity index (χ2n) is 4.10. The fraction of sp³-hybridized carbons (Fsp3) is 0.273. The molecule has 0 bridgehead atoms. The summed E-state index contributed by atoms with van der Waals surface area (Å²) in [5, 5.41) is 15.9. The second kappa shape index (κ2) is 5.35. The van der Waals surface area contributed by atoms with Crippen LogP contribution in [0.15, 0.2) is 22.7 Å². The summed E-state index contributed by atoms with van der Waals surface area (Å²) >= 11 is 3.18. The van der Waals surface area contributed by atoms with E-state index in [1.165, 1.54) is 18.2 Å². The molecule has 1 saturated heterocycles. The highest BCUT2D eigenvalue weighted by Gasteiger charge is 2.24. The Morgan fingerprint density at radius 1 is 1.53 bits per heavy atom. The van der Waals surface area contributed by atoms with Crippen LogP contribution in [0.1, 0.15) is 16.8 Å². The number of nitro groups is 1. The summed E-state index contributed by atoms with van der Waals surface area (Å²) in [6, 6.07) is 3.67. The van der Waals surface area contributed by atoms with Crippen LogP contribution < -0.4 is 10.6 Å². The first kappa shape index (κ1) is 13.5. The third kappa shape index (κ3) is 3.08. The minimum absolute atomic E-state index is 0.122. The Morgan fingerprint density at radius 2 is 2.26 bits per heavy atom. The lowest BCUT2D eigenvalue weighted by Gasteiger charge is -2.11. The summed E-state index contributed by atoms with van der Waals surface area (Å²) in [5.74, 6) is -0.569. The molecular formula is C11H10BrN3O4. The number of non-ortho nitro benzene ring substituents is 1. The molecule has 2 N–H and O–H groups in total. The summed E-state index contributed by atoms with van der Waals surface area (Å²) in [7, 11) is 0. The largest absolute Gasteiger partial charge is 0.354 e. The van der Waals surface area contributed by atoms with Crippen LogP contribution in [0.4, 0.5) is 5.69 Å². The monoisotopic (exact) mass is 327 g/mol. The van der Waals surface area contributed by atoms with Gasteiger partial charge in [0.05, 0.1) is 16.5 Å². The summed E-state index contributed by atoms with van der Waals surface area (Å²) in [6.45, 7) is 0.372. The molecule has 1 atom stereocenters. The predicted molar refractivity (Wildman–Crippen MR) is 69.7 cm³/mol. The molecule has 0 spiro atoms. The van der Waals surface area contributed by atoms with Gasteiger partial charge in [0, 0.05) is 29.6 Å². The topological polar surface area (TPSA) is 101 Å². The van der Waals surface area contributed by atoms with Crippen molar-refractivity contribution < 1.29 is 14.5 Å². The number of benzene rings is 1. The molecule has 0 saturated carbocycles. The maximum atomic E-state index is 12.0. The Labute approximate surface area is 116 Å². The highest BCUT2D eigenvalue weighted by molar-refractivity contribution is 9.10. The van der Waals surface area contributed by atoms with Crippen LogP contribution in [0.25, 0.3) is 0 Å². The highest BCUT2D eigenvalue weighted by Crippen LogP contribution is 2.22. The molecule has 19 heavy (non-hydrogen) atoms. The van der Waals surface area contributed by atoms with Crippen LogP contribution in [0.5, 0.6) is 0 Å². The second-order valence-corrected chi connectivity index (χ2v) is 4.95. The normalized spacial score (nSPS) is 17.9. The summed E-state index contributed by atoms with van der Waals surface area (Å²) in [4.78, 5) is 33.1. The lowest BCUT2D eigenvalue weighted by Crippen LogP contribution is -2.36. The molecule has 0 aliphatic carbocycles. The van der Waals surface area contributed by atoms with E-state index in [4.69, 9.17) is 0 Å². The number of nitro benzene ring substituents is 1. The molecule has 1 heterocycles. The first-order valence-corrected chi connectivity index (χ1v) is 6.28. The summed E-state index contributed by atoms with van der Waals surface area (Å²) in [5.41, 5.74) is 0.0162. The van der Waals surface area contributed by atoms with Crippen LogP contribution in [-0.2, 0) is 4.79 Å². The zero-order valence-corrected chi connectivity index (χ0v) is 11.3. The van der Waals surface area contributed by atoms with E-state index in [2.05, 4.69) is 26.6 Å². The molecule has 1 aromatic rings. The summed E-state index contributed by atoms with van der Waals surface area (Å²) < 4.78 is 0.466. The van der Waals surface area contributed by atoms with Crippen molar-refractivity contribution in [3.8, 4) is 0 Å². The Kier molecular flexibility index (Phi) is 3.79. The minimum Gasteiger partial charge on any atom is -0.354 e. The quantitative estimate of drug-likeness (QED) is 0.638. The Balaban J connectivity index is 2.16. The number of halogens is 1. The number of rotatable bonds is 3. The molecule has 7 nitrogen and oxygen atoms in total. The van der Waals surface area contributed by atoms with E-state index >= 15 is 0 Å². The van der Waals surface area contributed by atoms with Gasteiger partial charge < -0.3 is 10.6 Å². The van der Waals surface area contributed by atoms with E-state index in [-0.39, 0.29) is 29.6 Å². The lowest BCUT2D eigenvalue weighted by molar-refractivity contribution is -0.384. The van der Waals surface area contributed by atoms with Crippen molar-refractivity contribution in [2.75, 3.05) is 6.54 Å². The van der Waals surface area contributed by atoms with Crippen molar-refractivity contribution in [3.63, 3.8) is 0 Å². The van der Waals surface area contributed by atoms with Crippen LogP contribution in [0.2, 0.25) is 0 Å². The van der Waals surface area contributed by atoms with E-state index < -0.39 is 10.8 Å². The molecule has 1 aliphatic heterocycles. The Bertz CT molecular complexity index is 561. The van der Waals surface area contributed by atoms with Gasteiger partial charge in [0.1, 0.15) is 0 Å². The van der Waals surface area contributed by atoms with Crippen molar-refractivity contribution in [2.24, 2.45) is 0 Å². The van der Waals surface area contributed by atoms with Crippen molar-refractivity contribution in [1.29, 1.82) is 0 Å². The van der Waals surface area contributed by atoms with Crippen LogP contribution in [-0.4, -0.2) is 29.3 Å². The smallest absolute Gasteiger partial charge is 0.270 e. The first-order chi connectivity index (χ1) is 8.97. The molecule has 100 valence electrons. The van der Waals surface area contributed by atoms with Gasteiger partial charge in [0.15, 0.2) is 0 Å².